The highest BCUT2D eigenvalue weighted by molar-refractivity contribution is 5.86. The van der Waals surface area contributed by atoms with E-state index in [1.165, 1.54) is 11.4 Å². The molecular weight excluding hydrogens is 148 g/mol. The molecule has 2 nitrogen and oxygen atoms in total. The lowest BCUT2D eigenvalue weighted by Crippen LogP contribution is -2.27. The first-order valence-corrected chi connectivity index (χ1v) is 4.24. The Labute approximate surface area is 74.3 Å². The van der Waals surface area contributed by atoms with Gasteiger partial charge in [-0.25, -0.2) is 0 Å². The number of rotatable bonds is 1. The Hall–Kier alpha value is -1.05. The molecule has 0 amide bonds. The minimum absolute atomic E-state index is 0.951. The van der Waals surface area contributed by atoms with Gasteiger partial charge in [0.25, 0.3) is 0 Å². The fraction of sp³-hybridized carbons (Fsp3) is 0.500. The SMILES string of the molecule is C/C=C\C1=C(C)N(C)CC(C)=N1. The topological polar surface area (TPSA) is 15.6 Å². The molecule has 0 bridgehead atoms. The van der Waals surface area contributed by atoms with Gasteiger partial charge in [-0.3, -0.25) is 4.99 Å². The Morgan fingerprint density at radius 3 is 2.67 bits per heavy atom. The third kappa shape index (κ3) is 1.76. The lowest BCUT2D eigenvalue weighted by molar-refractivity contribution is 0.465. The molecule has 66 valence electrons. The van der Waals surface area contributed by atoms with E-state index in [9.17, 15) is 0 Å². The molecule has 0 atom stereocenters. The summed E-state index contributed by atoms with van der Waals surface area (Å²) in [7, 11) is 2.09. The highest BCUT2D eigenvalue weighted by Gasteiger charge is 2.10. The van der Waals surface area contributed by atoms with E-state index in [0.29, 0.717) is 0 Å². The first-order chi connectivity index (χ1) is 5.65. The molecule has 1 rings (SSSR count). The van der Waals surface area contributed by atoms with Crippen LogP contribution < -0.4 is 0 Å². The van der Waals surface area contributed by atoms with Gasteiger partial charge in [0.15, 0.2) is 0 Å². The predicted molar refractivity (Wildman–Crippen MR) is 53.3 cm³/mol. The zero-order valence-corrected chi connectivity index (χ0v) is 8.26. The van der Waals surface area contributed by atoms with Crippen LogP contribution in [-0.4, -0.2) is 24.2 Å². The minimum atomic E-state index is 0.951. The molecular formula is C10H16N2. The van der Waals surface area contributed by atoms with E-state index < -0.39 is 0 Å². The molecule has 0 radical (unpaired) electrons. The molecule has 0 aromatic carbocycles. The second-order valence-corrected chi connectivity index (χ2v) is 3.17. The number of nitrogens with zero attached hydrogens (tertiary/aromatic N) is 2. The molecule has 0 aromatic heterocycles. The number of aliphatic imine (C=N–C) groups is 1. The summed E-state index contributed by atoms with van der Waals surface area (Å²) in [5, 5.41) is 0. The van der Waals surface area contributed by atoms with Gasteiger partial charge >= 0.3 is 0 Å². The van der Waals surface area contributed by atoms with E-state index in [1.54, 1.807) is 0 Å². The summed E-state index contributed by atoms with van der Waals surface area (Å²) in [6, 6.07) is 0. The number of hydrogen-bond donors (Lipinski definition) is 0. The highest BCUT2D eigenvalue weighted by atomic mass is 15.1. The van der Waals surface area contributed by atoms with Crippen molar-refractivity contribution < 1.29 is 0 Å². The summed E-state index contributed by atoms with van der Waals surface area (Å²) in [5.41, 5.74) is 3.51. The van der Waals surface area contributed by atoms with Crippen molar-refractivity contribution in [1.29, 1.82) is 0 Å². The van der Waals surface area contributed by atoms with Crippen LogP contribution >= 0.6 is 0 Å². The summed E-state index contributed by atoms with van der Waals surface area (Å²) in [4.78, 5) is 6.69. The molecule has 1 heterocycles. The fourth-order valence-corrected chi connectivity index (χ4v) is 1.29. The summed E-state index contributed by atoms with van der Waals surface area (Å²) in [5.74, 6) is 0. The molecule has 2 heteroatoms. The van der Waals surface area contributed by atoms with Crippen LogP contribution in [-0.2, 0) is 0 Å². The van der Waals surface area contributed by atoms with Crippen molar-refractivity contribution >= 4 is 5.71 Å². The maximum Gasteiger partial charge on any atom is 0.0814 e. The second kappa shape index (κ2) is 3.57. The van der Waals surface area contributed by atoms with Crippen LogP contribution in [0.1, 0.15) is 20.8 Å². The lowest BCUT2D eigenvalue weighted by Gasteiger charge is -2.25. The zero-order valence-electron chi connectivity index (χ0n) is 8.26. The van der Waals surface area contributed by atoms with Crippen LogP contribution in [0.2, 0.25) is 0 Å². The molecule has 1 aliphatic rings. The van der Waals surface area contributed by atoms with Crippen molar-refractivity contribution in [3.8, 4) is 0 Å². The fourth-order valence-electron chi connectivity index (χ4n) is 1.29. The van der Waals surface area contributed by atoms with Crippen molar-refractivity contribution in [3.63, 3.8) is 0 Å². The number of allylic oxidation sites excluding steroid dienone is 3. The maximum atomic E-state index is 4.47. The normalized spacial score (nSPS) is 19.0. The molecule has 0 saturated carbocycles. The molecule has 0 fully saturated rings. The Bertz CT molecular complexity index is 259. The van der Waals surface area contributed by atoms with E-state index in [4.69, 9.17) is 0 Å². The number of hydrogen-bond acceptors (Lipinski definition) is 2. The third-order valence-corrected chi connectivity index (χ3v) is 2.05. The van der Waals surface area contributed by atoms with Crippen molar-refractivity contribution in [2.24, 2.45) is 4.99 Å². The standard InChI is InChI=1S/C10H16N2/c1-5-6-10-9(3)12(4)7-8(2)11-10/h5-6H,7H2,1-4H3/b6-5-. The molecule has 0 spiro atoms. The van der Waals surface area contributed by atoms with Crippen LogP contribution in [0.5, 0.6) is 0 Å². The average Bonchev–Trinajstić information content (AvgIpc) is 2.00. The first-order valence-electron chi connectivity index (χ1n) is 4.24. The average molecular weight is 164 g/mol. The Morgan fingerprint density at radius 1 is 1.42 bits per heavy atom. The smallest absolute Gasteiger partial charge is 0.0814 e. The monoisotopic (exact) mass is 164 g/mol. The third-order valence-electron chi connectivity index (χ3n) is 2.05. The molecule has 0 aliphatic carbocycles. The summed E-state index contributed by atoms with van der Waals surface area (Å²) in [6.45, 7) is 7.13. The van der Waals surface area contributed by atoms with E-state index in [2.05, 4.69) is 36.9 Å². The van der Waals surface area contributed by atoms with Crippen molar-refractivity contribution in [3.05, 3.63) is 23.5 Å². The molecule has 0 N–H and O–H groups in total. The summed E-state index contributed by atoms with van der Waals surface area (Å²) < 4.78 is 0. The molecule has 1 aliphatic heterocycles. The minimum Gasteiger partial charge on any atom is -0.371 e. The summed E-state index contributed by atoms with van der Waals surface area (Å²) in [6.07, 6.45) is 4.07. The van der Waals surface area contributed by atoms with Crippen LogP contribution in [0.25, 0.3) is 0 Å². The van der Waals surface area contributed by atoms with Crippen molar-refractivity contribution in [2.75, 3.05) is 13.6 Å². The molecule has 0 saturated heterocycles. The molecule has 12 heavy (non-hydrogen) atoms. The van der Waals surface area contributed by atoms with Gasteiger partial charge in [0.1, 0.15) is 0 Å². The maximum absolute atomic E-state index is 4.47. The second-order valence-electron chi connectivity index (χ2n) is 3.17. The van der Waals surface area contributed by atoms with Crippen molar-refractivity contribution in [1.82, 2.24) is 4.90 Å². The van der Waals surface area contributed by atoms with Crippen LogP contribution in [0.3, 0.4) is 0 Å². The van der Waals surface area contributed by atoms with E-state index >= 15 is 0 Å². The van der Waals surface area contributed by atoms with Gasteiger partial charge < -0.3 is 4.90 Å². The Morgan fingerprint density at radius 2 is 2.08 bits per heavy atom. The van der Waals surface area contributed by atoms with Gasteiger partial charge in [-0.05, 0) is 26.8 Å². The van der Waals surface area contributed by atoms with Crippen LogP contribution in [0, 0.1) is 0 Å². The highest BCUT2D eigenvalue weighted by Crippen LogP contribution is 2.15. The Balaban J connectivity index is 2.99. The Kier molecular flexibility index (Phi) is 2.69. The first kappa shape index (κ1) is 9.04. The zero-order chi connectivity index (χ0) is 9.14. The lowest BCUT2D eigenvalue weighted by atomic mass is 10.2. The summed E-state index contributed by atoms with van der Waals surface area (Å²) >= 11 is 0. The predicted octanol–water partition coefficient (Wildman–Crippen LogP) is 2.20. The van der Waals surface area contributed by atoms with Gasteiger partial charge in [0.05, 0.1) is 12.2 Å². The van der Waals surface area contributed by atoms with E-state index in [1.807, 2.05) is 13.0 Å². The quantitative estimate of drug-likeness (QED) is 0.580. The molecule has 0 aromatic rings. The van der Waals surface area contributed by atoms with Gasteiger partial charge in [0.2, 0.25) is 0 Å². The van der Waals surface area contributed by atoms with Gasteiger partial charge in [-0.15, -0.1) is 0 Å². The molecule has 0 unspecified atom stereocenters. The van der Waals surface area contributed by atoms with Crippen LogP contribution in [0.4, 0.5) is 0 Å². The van der Waals surface area contributed by atoms with Crippen molar-refractivity contribution in [2.45, 2.75) is 20.8 Å². The van der Waals surface area contributed by atoms with Gasteiger partial charge in [-0.1, -0.05) is 6.08 Å². The largest absolute Gasteiger partial charge is 0.371 e. The van der Waals surface area contributed by atoms with Crippen LogP contribution in [0.15, 0.2) is 28.5 Å². The van der Waals surface area contributed by atoms with Gasteiger partial charge in [-0.2, -0.15) is 0 Å². The van der Waals surface area contributed by atoms with E-state index in [0.717, 1.165) is 12.2 Å². The van der Waals surface area contributed by atoms with Gasteiger partial charge in [0, 0.05) is 18.5 Å². The van der Waals surface area contributed by atoms with E-state index in [-0.39, 0.29) is 0 Å².